The van der Waals surface area contributed by atoms with Crippen molar-refractivity contribution in [3.8, 4) is 0 Å². The predicted octanol–water partition coefficient (Wildman–Crippen LogP) is 14.7. The molecule has 0 saturated carbocycles. The van der Waals surface area contributed by atoms with Crippen LogP contribution in [0.5, 0.6) is 0 Å². The van der Waals surface area contributed by atoms with Crippen LogP contribution in [0.2, 0.25) is 0 Å². The van der Waals surface area contributed by atoms with E-state index in [4.69, 9.17) is 0 Å². The fourth-order valence-electron chi connectivity index (χ4n) is 3.46. The zero-order chi connectivity index (χ0) is 29.9. The fraction of sp³-hybridized carbons (Fsp3) is 1.00. The Morgan fingerprint density at radius 2 is 0.306 bits per heavy atom. The molecule has 0 spiro atoms. The zero-order valence-electron chi connectivity index (χ0n) is 29.9. The van der Waals surface area contributed by atoms with E-state index in [1.807, 2.05) is 0 Å². The van der Waals surface area contributed by atoms with E-state index >= 15 is 0 Å². The van der Waals surface area contributed by atoms with Crippen LogP contribution < -0.4 is 0 Å². The third-order valence-electron chi connectivity index (χ3n) is 5.20. The van der Waals surface area contributed by atoms with Crippen LogP contribution in [0.4, 0.5) is 0 Å². The van der Waals surface area contributed by atoms with Gasteiger partial charge in [0.15, 0.2) is 0 Å². The van der Waals surface area contributed by atoms with Gasteiger partial charge in [-0.3, -0.25) is 0 Å². The lowest BCUT2D eigenvalue weighted by Gasteiger charge is -1.95. The van der Waals surface area contributed by atoms with E-state index in [1.165, 1.54) is 77.0 Å². The average Bonchev–Trinajstić information content (AvgIpc) is 2.69. The summed E-state index contributed by atoms with van der Waals surface area (Å²) >= 11 is 0. The van der Waals surface area contributed by atoms with E-state index in [9.17, 15) is 0 Å². The SMILES string of the molecule is CCCC(C)C.CCCC(C)C.CCCC(C)C.CCCC(C)C.CCCC(C)C.CCCC(C)C. The van der Waals surface area contributed by atoms with Gasteiger partial charge in [0.25, 0.3) is 0 Å². The third-order valence-corrected chi connectivity index (χ3v) is 5.20. The number of rotatable bonds is 12. The van der Waals surface area contributed by atoms with Crippen molar-refractivity contribution in [2.75, 3.05) is 0 Å². The smallest absolute Gasteiger partial charge is 0.0471 e. The first-order valence-electron chi connectivity index (χ1n) is 16.6. The van der Waals surface area contributed by atoms with Crippen LogP contribution in [0.1, 0.15) is 202 Å². The molecule has 0 saturated heterocycles. The maximum atomic E-state index is 2.25. The highest BCUT2D eigenvalue weighted by Crippen LogP contribution is 2.03. The lowest BCUT2D eigenvalue weighted by molar-refractivity contribution is 0.576. The number of hydrogen-bond acceptors (Lipinski definition) is 0. The van der Waals surface area contributed by atoms with Crippen LogP contribution >= 0.6 is 0 Å². The molecule has 0 aliphatic carbocycles. The Morgan fingerprint density at radius 3 is 0.306 bits per heavy atom. The molecule has 0 heteroatoms. The van der Waals surface area contributed by atoms with Crippen molar-refractivity contribution in [2.45, 2.75) is 202 Å². The van der Waals surface area contributed by atoms with Crippen molar-refractivity contribution >= 4 is 0 Å². The van der Waals surface area contributed by atoms with Crippen LogP contribution in [0.15, 0.2) is 0 Å². The van der Waals surface area contributed by atoms with Gasteiger partial charge in [0.2, 0.25) is 0 Å². The van der Waals surface area contributed by atoms with Crippen molar-refractivity contribution in [2.24, 2.45) is 35.5 Å². The van der Waals surface area contributed by atoms with Crippen molar-refractivity contribution in [1.29, 1.82) is 0 Å². The molecule has 0 aliphatic heterocycles. The standard InChI is InChI=1S/6C6H14/c6*1-4-5-6(2)3/h6*6H,4-5H2,1-3H3. The average molecular weight is 517 g/mol. The molecule has 0 amide bonds. The van der Waals surface area contributed by atoms with Crippen molar-refractivity contribution in [3.05, 3.63) is 0 Å². The Labute approximate surface area is 237 Å². The normalized spacial score (nSPS) is 10.0. The minimum atomic E-state index is 0.898. The summed E-state index contributed by atoms with van der Waals surface area (Å²) in [7, 11) is 0. The minimum Gasteiger partial charge on any atom is -0.0654 e. The Kier molecular flexibility index (Phi) is 61.2. The molecule has 0 aliphatic rings. The highest BCUT2D eigenvalue weighted by molar-refractivity contribution is 4.41. The largest absolute Gasteiger partial charge is 0.0654 e. The molecular formula is C36H84. The summed E-state index contributed by atoms with van der Waals surface area (Å²) in [5.74, 6) is 5.39. The lowest BCUT2D eigenvalue weighted by Crippen LogP contribution is -1.81. The van der Waals surface area contributed by atoms with Crippen molar-refractivity contribution in [3.63, 3.8) is 0 Å². The topological polar surface area (TPSA) is 0 Å². The molecule has 0 heterocycles. The van der Waals surface area contributed by atoms with Gasteiger partial charge in [-0.15, -0.1) is 0 Å². The monoisotopic (exact) mass is 517 g/mol. The van der Waals surface area contributed by atoms with E-state index in [-0.39, 0.29) is 0 Å². The first kappa shape index (κ1) is 49.0. The summed E-state index contributed by atoms with van der Waals surface area (Å²) in [4.78, 5) is 0. The van der Waals surface area contributed by atoms with Gasteiger partial charge in [-0.1, -0.05) is 202 Å². The molecule has 0 unspecified atom stereocenters. The quantitative estimate of drug-likeness (QED) is 0.242. The van der Waals surface area contributed by atoms with Crippen LogP contribution in [-0.4, -0.2) is 0 Å². The van der Waals surface area contributed by atoms with Gasteiger partial charge < -0.3 is 0 Å². The molecule has 228 valence electrons. The van der Waals surface area contributed by atoms with Crippen LogP contribution in [-0.2, 0) is 0 Å². The molecule has 0 nitrogen and oxygen atoms in total. The van der Waals surface area contributed by atoms with Gasteiger partial charge in [-0.25, -0.2) is 0 Å². The molecular weight excluding hydrogens is 432 g/mol. The third kappa shape index (κ3) is 114. The molecule has 0 aromatic carbocycles. The van der Waals surface area contributed by atoms with Crippen molar-refractivity contribution < 1.29 is 0 Å². The number of hydrogen-bond donors (Lipinski definition) is 0. The predicted molar refractivity (Wildman–Crippen MR) is 178 cm³/mol. The minimum absolute atomic E-state index is 0.898. The zero-order valence-corrected chi connectivity index (χ0v) is 29.9. The van der Waals surface area contributed by atoms with E-state index in [0.29, 0.717) is 0 Å². The summed E-state index contributed by atoms with van der Waals surface area (Å²) < 4.78 is 0. The van der Waals surface area contributed by atoms with E-state index in [2.05, 4.69) is 125 Å². The molecule has 0 rings (SSSR count). The molecule has 0 bridgehead atoms. The van der Waals surface area contributed by atoms with Gasteiger partial charge in [-0.05, 0) is 35.5 Å². The molecule has 0 radical (unpaired) electrons. The summed E-state index contributed by atoms with van der Waals surface area (Å²) in [6, 6.07) is 0. The highest BCUT2D eigenvalue weighted by atomic mass is 13.9. The molecule has 0 aromatic heterocycles. The maximum absolute atomic E-state index is 2.25. The summed E-state index contributed by atoms with van der Waals surface area (Å²) in [5, 5.41) is 0. The van der Waals surface area contributed by atoms with Gasteiger partial charge in [0.1, 0.15) is 0 Å². The molecule has 36 heavy (non-hydrogen) atoms. The first-order chi connectivity index (χ1) is 16.6. The van der Waals surface area contributed by atoms with Gasteiger partial charge in [-0.2, -0.15) is 0 Å². The summed E-state index contributed by atoms with van der Waals surface area (Å²) in [6.45, 7) is 40.4. The summed E-state index contributed by atoms with van der Waals surface area (Å²) in [5.41, 5.74) is 0. The van der Waals surface area contributed by atoms with E-state index in [0.717, 1.165) is 35.5 Å². The first-order valence-corrected chi connectivity index (χ1v) is 16.6. The molecule has 0 aromatic rings. The Bertz CT molecular complexity index is 205. The van der Waals surface area contributed by atoms with E-state index < -0.39 is 0 Å². The van der Waals surface area contributed by atoms with Gasteiger partial charge >= 0.3 is 0 Å². The van der Waals surface area contributed by atoms with Gasteiger partial charge in [0, 0.05) is 0 Å². The molecule has 0 atom stereocenters. The fourth-order valence-corrected chi connectivity index (χ4v) is 3.46. The second-order valence-electron chi connectivity index (χ2n) is 13.1. The maximum Gasteiger partial charge on any atom is -0.0471 e. The Balaban J connectivity index is -0.0000000750. The highest BCUT2D eigenvalue weighted by Gasteiger charge is 1.88. The molecule has 0 N–H and O–H groups in total. The van der Waals surface area contributed by atoms with Crippen LogP contribution in [0.25, 0.3) is 0 Å². The molecule has 0 fully saturated rings. The second kappa shape index (κ2) is 45.0. The van der Waals surface area contributed by atoms with Crippen LogP contribution in [0.3, 0.4) is 0 Å². The van der Waals surface area contributed by atoms with Crippen LogP contribution in [0, 0.1) is 35.5 Å². The van der Waals surface area contributed by atoms with Gasteiger partial charge in [0.05, 0.1) is 0 Å². The Morgan fingerprint density at radius 1 is 0.222 bits per heavy atom. The Hall–Kier alpha value is 0. The van der Waals surface area contributed by atoms with E-state index in [1.54, 1.807) is 0 Å². The summed E-state index contributed by atoms with van der Waals surface area (Å²) in [6.07, 6.45) is 16.2. The lowest BCUT2D eigenvalue weighted by atomic mass is 10.1. The second-order valence-corrected chi connectivity index (χ2v) is 13.1. The van der Waals surface area contributed by atoms with Crippen molar-refractivity contribution in [1.82, 2.24) is 0 Å².